The molecule has 2 aromatic rings. The fourth-order valence-corrected chi connectivity index (χ4v) is 4.10. The van der Waals surface area contributed by atoms with Gasteiger partial charge in [0.05, 0.1) is 4.90 Å². The smallest absolute Gasteiger partial charge is 0.255 e. The average Bonchev–Trinajstić information content (AvgIpc) is 2.68. The number of piperidine rings is 1. The number of hydrogen-bond acceptors (Lipinski definition) is 5. The Labute approximate surface area is 170 Å². The van der Waals surface area contributed by atoms with Crippen molar-refractivity contribution < 1.29 is 18.0 Å². The van der Waals surface area contributed by atoms with Crippen LogP contribution in [0, 0.1) is 12.8 Å². The summed E-state index contributed by atoms with van der Waals surface area (Å²) in [7, 11) is -3.39. The molecule has 0 saturated carbocycles. The monoisotopic (exact) mass is 415 g/mol. The molecule has 0 spiro atoms. The van der Waals surface area contributed by atoms with Crippen LogP contribution in [0.2, 0.25) is 0 Å². The zero-order chi connectivity index (χ0) is 21.2. The Morgan fingerprint density at radius 3 is 2.24 bits per heavy atom. The summed E-state index contributed by atoms with van der Waals surface area (Å²) >= 11 is 0. The first-order valence-corrected chi connectivity index (χ1v) is 11.3. The lowest BCUT2D eigenvalue weighted by Gasteiger charge is -2.32. The second kappa shape index (κ2) is 8.24. The summed E-state index contributed by atoms with van der Waals surface area (Å²) in [5.41, 5.74) is 8.04. The van der Waals surface area contributed by atoms with Crippen molar-refractivity contribution in [1.82, 2.24) is 0 Å². The van der Waals surface area contributed by atoms with Crippen molar-refractivity contribution in [3.63, 3.8) is 0 Å². The first kappa shape index (κ1) is 20.9. The highest BCUT2D eigenvalue weighted by atomic mass is 32.2. The van der Waals surface area contributed by atoms with Crippen molar-refractivity contribution in [3.05, 3.63) is 53.6 Å². The molecule has 2 amide bonds. The minimum absolute atomic E-state index is 0.0595. The van der Waals surface area contributed by atoms with E-state index in [1.807, 2.05) is 24.3 Å². The molecule has 0 unspecified atom stereocenters. The van der Waals surface area contributed by atoms with E-state index < -0.39 is 9.84 Å². The highest BCUT2D eigenvalue weighted by Crippen LogP contribution is 2.25. The molecule has 29 heavy (non-hydrogen) atoms. The van der Waals surface area contributed by atoms with Crippen molar-refractivity contribution in [3.8, 4) is 0 Å². The van der Waals surface area contributed by atoms with E-state index in [4.69, 9.17) is 5.73 Å². The van der Waals surface area contributed by atoms with E-state index in [2.05, 4.69) is 10.2 Å². The fraction of sp³-hybridized carbons (Fsp3) is 0.333. The van der Waals surface area contributed by atoms with Gasteiger partial charge in [-0.2, -0.15) is 0 Å². The minimum atomic E-state index is -3.39. The van der Waals surface area contributed by atoms with Gasteiger partial charge in [-0.15, -0.1) is 0 Å². The van der Waals surface area contributed by atoms with Crippen LogP contribution in [0.3, 0.4) is 0 Å². The number of benzene rings is 2. The second-order valence-corrected chi connectivity index (χ2v) is 9.43. The summed E-state index contributed by atoms with van der Waals surface area (Å²) in [4.78, 5) is 26.2. The van der Waals surface area contributed by atoms with E-state index in [1.54, 1.807) is 13.0 Å². The molecule has 7 nitrogen and oxygen atoms in total. The number of amides is 2. The quantitative estimate of drug-likeness (QED) is 0.779. The molecule has 154 valence electrons. The number of aryl methyl sites for hydroxylation is 1. The molecule has 1 heterocycles. The first-order chi connectivity index (χ1) is 13.6. The first-order valence-electron chi connectivity index (χ1n) is 9.41. The van der Waals surface area contributed by atoms with Gasteiger partial charge in [0.25, 0.3) is 5.91 Å². The van der Waals surface area contributed by atoms with Crippen LogP contribution in [0.25, 0.3) is 0 Å². The Hall–Kier alpha value is -2.87. The van der Waals surface area contributed by atoms with Gasteiger partial charge in [-0.05, 0) is 61.7 Å². The molecule has 8 heteroatoms. The average molecular weight is 416 g/mol. The van der Waals surface area contributed by atoms with E-state index in [9.17, 15) is 18.0 Å². The number of nitrogens with one attached hydrogen (secondary N) is 1. The molecule has 0 atom stereocenters. The molecule has 0 bridgehead atoms. The van der Waals surface area contributed by atoms with E-state index in [0.717, 1.165) is 37.9 Å². The molecular weight excluding hydrogens is 390 g/mol. The van der Waals surface area contributed by atoms with Gasteiger partial charge in [-0.25, -0.2) is 8.42 Å². The maximum atomic E-state index is 12.6. The van der Waals surface area contributed by atoms with E-state index >= 15 is 0 Å². The third-order valence-electron chi connectivity index (χ3n) is 5.27. The summed E-state index contributed by atoms with van der Waals surface area (Å²) < 4.78 is 23.5. The Morgan fingerprint density at radius 1 is 1.07 bits per heavy atom. The van der Waals surface area contributed by atoms with E-state index in [1.165, 1.54) is 12.1 Å². The van der Waals surface area contributed by atoms with Crippen LogP contribution in [-0.4, -0.2) is 39.6 Å². The van der Waals surface area contributed by atoms with Crippen molar-refractivity contribution >= 4 is 33.0 Å². The van der Waals surface area contributed by atoms with Crippen LogP contribution in [0.5, 0.6) is 0 Å². The van der Waals surface area contributed by atoms with Crippen LogP contribution < -0.4 is 16.0 Å². The van der Waals surface area contributed by atoms with Gasteiger partial charge >= 0.3 is 0 Å². The highest BCUT2D eigenvalue weighted by molar-refractivity contribution is 7.90. The standard InChI is InChI=1S/C21H25N3O4S/c1-14-3-8-18(29(2,27)28)13-19(14)21(26)23-16-4-6-17(7-5-16)24-11-9-15(10-12-24)20(22)25/h3-8,13,15H,9-12H2,1-2H3,(H2,22,25)(H,23,26). The number of hydrogen-bond donors (Lipinski definition) is 2. The third kappa shape index (κ3) is 4.95. The molecule has 3 N–H and O–H groups in total. The van der Waals surface area contributed by atoms with Gasteiger partial charge in [0.15, 0.2) is 9.84 Å². The Bertz CT molecular complexity index is 1020. The van der Waals surface area contributed by atoms with Gasteiger partial charge in [0.2, 0.25) is 5.91 Å². The molecule has 1 aliphatic heterocycles. The lowest BCUT2D eigenvalue weighted by Crippen LogP contribution is -2.38. The third-order valence-corrected chi connectivity index (χ3v) is 6.38. The number of primary amides is 1. The lowest BCUT2D eigenvalue weighted by atomic mass is 9.96. The topological polar surface area (TPSA) is 110 Å². The summed E-state index contributed by atoms with van der Waals surface area (Å²) in [5.74, 6) is -0.656. The van der Waals surface area contributed by atoms with Crippen molar-refractivity contribution in [2.75, 3.05) is 29.6 Å². The molecule has 0 aliphatic carbocycles. The predicted molar refractivity (Wildman–Crippen MR) is 113 cm³/mol. The van der Waals surface area contributed by atoms with Crippen molar-refractivity contribution in [2.24, 2.45) is 11.7 Å². The molecule has 2 aromatic carbocycles. The van der Waals surface area contributed by atoms with E-state index in [-0.39, 0.29) is 22.6 Å². The summed E-state index contributed by atoms with van der Waals surface area (Å²) in [6.45, 7) is 3.29. The van der Waals surface area contributed by atoms with Crippen molar-refractivity contribution in [1.29, 1.82) is 0 Å². The van der Waals surface area contributed by atoms with Crippen LogP contribution >= 0.6 is 0 Å². The normalized spacial score (nSPS) is 15.2. The molecule has 1 aliphatic rings. The van der Waals surface area contributed by atoms with Crippen LogP contribution in [0.1, 0.15) is 28.8 Å². The van der Waals surface area contributed by atoms with Crippen LogP contribution in [-0.2, 0) is 14.6 Å². The van der Waals surface area contributed by atoms with Gasteiger partial charge in [-0.1, -0.05) is 6.07 Å². The number of carbonyl (C=O) groups is 2. The zero-order valence-corrected chi connectivity index (χ0v) is 17.3. The maximum absolute atomic E-state index is 12.6. The number of anilines is 2. The number of nitrogens with two attached hydrogens (primary N) is 1. The Morgan fingerprint density at radius 2 is 1.69 bits per heavy atom. The van der Waals surface area contributed by atoms with Gasteiger partial charge in [-0.3, -0.25) is 9.59 Å². The Kier molecular flexibility index (Phi) is 5.93. The van der Waals surface area contributed by atoms with Crippen LogP contribution in [0.4, 0.5) is 11.4 Å². The highest BCUT2D eigenvalue weighted by Gasteiger charge is 2.23. The van der Waals surface area contributed by atoms with Gasteiger partial charge < -0.3 is 16.0 Å². The largest absolute Gasteiger partial charge is 0.371 e. The lowest BCUT2D eigenvalue weighted by molar-refractivity contribution is -0.122. The summed E-state index contributed by atoms with van der Waals surface area (Å²) in [6, 6.07) is 12.0. The molecule has 0 radical (unpaired) electrons. The van der Waals surface area contributed by atoms with Crippen LogP contribution in [0.15, 0.2) is 47.4 Å². The van der Waals surface area contributed by atoms with Gasteiger partial charge in [0.1, 0.15) is 0 Å². The SMILES string of the molecule is Cc1ccc(S(C)(=O)=O)cc1C(=O)Nc1ccc(N2CCC(C(N)=O)CC2)cc1. The minimum Gasteiger partial charge on any atom is -0.371 e. The molecule has 1 saturated heterocycles. The number of sulfone groups is 1. The van der Waals surface area contributed by atoms with Crippen molar-refractivity contribution in [2.45, 2.75) is 24.7 Å². The summed E-state index contributed by atoms with van der Waals surface area (Å²) in [6.07, 6.45) is 2.60. The molecule has 1 fully saturated rings. The molecular formula is C21H25N3O4S. The number of rotatable bonds is 5. The summed E-state index contributed by atoms with van der Waals surface area (Å²) in [5, 5.41) is 2.82. The number of nitrogens with zero attached hydrogens (tertiary/aromatic N) is 1. The van der Waals surface area contributed by atoms with Gasteiger partial charge in [0, 0.05) is 42.2 Å². The molecule has 0 aromatic heterocycles. The fourth-order valence-electron chi connectivity index (χ4n) is 3.45. The zero-order valence-electron chi connectivity index (χ0n) is 16.5. The predicted octanol–water partition coefficient (Wildman–Crippen LogP) is 2.35. The Balaban J connectivity index is 1.69. The second-order valence-electron chi connectivity index (χ2n) is 7.41. The maximum Gasteiger partial charge on any atom is 0.255 e. The number of carbonyl (C=O) groups excluding carboxylic acids is 2. The van der Waals surface area contributed by atoms with E-state index in [0.29, 0.717) is 16.8 Å². The molecule has 3 rings (SSSR count).